The standard InChI is InChI=1S/C14H15Cl2NO4/c1-20-11-4-2-9(3-5-11)13(19)17-7-12(18)21-8-10-6-14(10,15)16/h2-5,10H,6-8H2,1H3,(H,17,19)/t10-/m1/s1. The normalized spacial score (nSPS) is 18.7. The van der Waals surface area contributed by atoms with Crippen LogP contribution < -0.4 is 10.1 Å². The number of amides is 1. The van der Waals surface area contributed by atoms with Crippen LogP contribution >= 0.6 is 23.2 Å². The zero-order chi connectivity index (χ0) is 15.5. The number of methoxy groups -OCH3 is 1. The molecule has 1 N–H and O–H groups in total. The van der Waals surface area contributed by atoms with Crippen LogP contribution in [0.4, 0.5) is 0 Å². The lowest BCUT2D eigenvalue weighted by molar-refractivity contribution is -0.142. The predicted molar refractivity (Wildman–Crippen MR) is 78.8 cm³/mol. The Morgan fingerprint density at radius 1 is 1.33 bits per heavy atom. The van der Waals surface area contributed by atoms with E-state index in [1.54, 1.807) is 31.4 Å². The van der Waals surface area contributed by atoms with Crippen molar-refractivity contribution < 1.29 is 19.1 Å². The average molecular weight is 332 g/mol. The summed E-state index contributed by atoms with van der Waals surface area (Å²) < 4.78 is 9.21. The molecule has 1 aliphatic rings. The molecule has 0 radical (unpaired) electrons. The zero-order valence-electron chi connectivity index (χ0n) is 11.4. The molecule has 1 atom stereocenters. The first kappa shape index (κ1) is 15.9. The SMILES string of the molecule is COc1ccc(C(=O)NCC(=O)OC[C@H]2CC2(Cl)Cl)cc1. The molecule has 1 saturated carbocycles. The summed E-state index contributed by atoms with van der Waals surface area (Å²) in [6.07, 6.45) is 0.613. The number of hydrogen-bond acceptors (Lipinski definition) is 4. The van der Waals surface area contributed by atoms with Gasteiger partial charge in [0.15, 0.2) is 0 Å². The third kappa shape index (κ3) is 4.51. The van der Waals surface area contributed by atoms with E-state index in [2.05, 4.69) is 5.32 Å². The number of carbonyl (C=O) groups is 2. The molecule has 0 aromatic heterocycles. The summed E-state index contributed by atoms with van der Waals surface area (Å²) in [4.78, 5) is 23.3. The van der Waals surface area contributed by atoms with Crippen molar-refractivity contribution in [1.29, 1.82) is 0 Å². The molecule has 1 amide bonds. The summed E-state index contributed by atoms with van der Waals surface area (Å²) in [7, 11) is 1.54. The molecule has 5 nitrogen and oxygen atoms in total. The maximum absolute atomic E-state index is 11.8. The van der Waals surface area contributed by atoms with Crippen molar-refractivity contribution in [2.75, 3.05) is 20.3 Å². The molecule has 0 aliphatic heterocycles. The van der Waals surface area contributed by atoms with Crippen molar-refractivity contribution in [3.05, 3.63) is 29.8 Å². The zero-order valence-corrected chi connectivity index (χ0v) is 12.9. The molecule has 0 spiro atoms. The second kappa shape index (κ2) is 6.54. The Morgan fingerprint density at radius 2 is 1.95 bits per heavy atom. The molecule has 0 heterocycles. The summed E-state index contributed by atoms with van der Waals surface area (Å²) in [5.74, 6) is -0.249. The van der Waals surface area contributed by atoms with Crippen LogP contribution in [0.5, 0.6) is 5.75 Å². The number of rotatable bonds is 6. The number of hydrogen-bond donors (Lipinski definition) is 1. The van der Waals surface area contributed by atoms with E-state index in [1.165, 1.54) is 0 Å². The van der Waals surface area contributed by atoms with Gasteiger partial charge >= 0.3 is 5.97 Å². The molecule has 7 heteroatoms. The van der Waals surface area contributed by atoms with Gasteiger partial charge in [0.1, 0.15) is 16.6 Å². The number of halogens is 2. The third-order valence-electron chi connectivity index (χ3n) is 3.15. The van der Waals surface area contributed by atoms with Gasteiger partial charge in [0, 0.05) is 11.5 Å². The van der Waals surface area contributed by atoms with Crippen molar-refractivity contribution in [2.24, 2.45) is 5.92 Å². The van der Waals surface area contributed by atoms with Crippen LogP contribution in [0.15, 0.2) is 24.3 Å². The quantitative estimate of drug-likeness (QED) is 0.640. The van der Waals surface area contributed by atoms with Gasteiger partial charge in [-0.3, -0.25) is 9.59 Å². The maximum Gasteiger partial charge on any atom is 0.325 e. The minimum Gasteiger partial charge on any atom is -0.497 e. The Labute approximate surface area is 132 Å². The largest absolute Gasteiger partial charge is 0.497 e. The van der Waals surface area contributed by atoms with Crippen LogP contribution in [0.2, 0.25) is 0 Å². The van der Waals surface area contributed by atoms with Gasteiger partial charge < -0.3 is 14.8 Å². The number of esters is 1. The highest BCUT2D eigenvalue weighted by atomic mass is 35.5. The van der Waals surface area contributed by atoms with Gasteiger partial charge in [0.05, 0.1) is 13.7 Å². The fourth-order valence-corrected chi connectivity index (χ4v) is 2.19. The highest BCUT2D eigenvalue weighted by Crippen LogP contribution is 2.53. The van der Waals surface area contributed by atoms with E-state index >= 15 is 0 Å². The van der Waals surface area contributed by atoms with Crippen molar-refractivity contribution >= 4 is 35.1 Å². The monoisotopic (exact) mass is 331 g/mol. The van der Waals surface area contributed by atoms with Crippen molar-refractivity contribution in [3.63, 3.8) is 0 Å². The second-order valence-corrected chi connectivity index (χ2v) is 6.30. The first-order valence-electron chi connectivity index (χ1n) is 6.38. The van der Waals surface area contributed by atoms with Gasteiger partial charge in [-0.25, -0.2) is 0 Å². The summed E-state index contributed by atoms with van der Waals surface area (Å²) in [6, 6.07) is 6.56. The first-order valence-corrected chi connectivity index (χ1v) is 7.13. The van der Waals surface area contributed by atoms with Gasteiger partial charge in [-0.05, 0) is 30.7 Å². The van der Waals surface area contributed by atoms with E-state index < -0.39 is 10.3 Å². The Morgan fingerprint density at radius 3 is 2.48 bits per heavy atom. The molecule has 1 aromatic rings. The molecule has 0 saturated heterocycles. The van der Waals surface area contributed by atoms with Gasteiger partial charge in [0.25, 0.3) is 5.91 Å². The Kier molecular flexibility index (Phi) is 4.96. The van der Waals surface area contributed by atoms with Gasteiger partial charge in [0.2, 0.25) is 0 Å². The van der Waals surface area contributed by atoms with Crippen LogP contribution in [0.25, 0.3) is 0 Å². The number of ether oxygens (including phenoxy) is 2. The van der Waals surface area contributed by atoms with E-state index in [0.717, 1.165) is 0 Å². The summed E-state index contributed by atoms with van der Waals surface area (Å²) in [6.45, 7) is -0.0284. The molecule has 114 valence electrons. The Bertz CT molecular complexity index is 530. The molecule has 21 heavy (non-hydrogen) atoms. The highest BCUT2D eigenvalue weighted by Gasteiger charge is 2.52. The fraction of sp³-hybridized carbons (Fsp3) is 0.429. The predicted octanol–water partition coefficient (Wildman–Crippen LogP) is 2.16. The smallest absolute Gasteiger partial charge is 0.325 e. The van der Waals surface area contributed by atoms with Crippen LogP contribution in [0, 0.1) is 5.92 Å². The molecule has 1 aromatic carbocycles. The van der Waals surface area contributed by atoms with Crippen LogP contribution in [-0.2, 0) is 9.53 Å². The molecule has 2 rings (SSSR count). The minimum absolute atomic E-state index is 0.0259. The molecule has 0 bridgehead atoms. The summed E-state index contributed by atoms with van der Waals surface area (Å²) in [5, 5.41) is 2.48. The lowest BCUT2D eigenvalue weighted by Crippen LogP contribution is -2.31. The van der Waals surface area contributed by atoms with Crippen LogP contribution in [-0.4, -0.2) is 36.5 Å². The van der Waals surface area contributed by atoms with Gasteiger partial charge in [-0.1, -0.05) is 0 Å². The van der Waals surface area contributed by atoms with Crippen molar-refractivity contribution in [1.82, 2.24) is 5.32 Å². The molecular formula is C14H15Cl2NO4. The van der Waals surface area contributed by atoms with E-state index in [9.17, 15) is 9.59 Å². The van der Waals surface area contributed by atoms with Crippen LogP contribution in [0.1, 0.15) is 16.8 Å². The average Bonchev–Trinajstić information content (AvgIpc) is 3.10. The van der Waals surface area contributed by atoms with Crippen molar-refractivity contribution in [3.8, 4) is 5.75 Å². The van der Waals surface area contributed by atoms with E-state index in [0.29, 0.717) is 17.7 Å². The fourth-order valence-electron chi connectivity index (χ4n) is 1.69. The van der Waals surface area contributed by atoms with E-state index in [4.69, 9.17) is 32.7 Å². The number of carbonyl (C=O) groups excluding carboxylic acids is 2. The van der Waals surface area contributed by atoms with E-state index in [1.807, 2.05) is 0 Å². The van der Waals surface area contributed by atoms with Gasteiger partial charge in [-0.2, -0.15) is 0 Å². The number of alkyl halides is 2. The first-order chi connectivity index (χ1) is 9.92. The Balaban J connectivity index is 1.71. The molecule has 0 unspecified atom stereocenters. The molecule has 1 aliphatic carbocycles. The minimum atomic E-state index is -0.771. The second-order valence-electron chi connectivity index (χ2n) is 4.76. The van der Waals surface area contributed by atoms with Gasteiger partial charge in [-0.15, -0.1) is 23.2 Å². The van der Waals surface area contributed by atoms with Crippen LogP contribution in [0.3, 0.4) is 0 Å². The van der Waals surface area contributed by atoms with E-state index in [-0.39, 0.29) is 25.0 Å². The summed E-state index contributed by atoms with van der Waals surface area (Å²) >= 11 is 11.6. The Hall–Kier alpha value is -1.46. The highest BCUT2D eigenvalue weighted by molar-refractivity contribution is 6.50. The topological polar surface area (TPSA) is 64.6 Å². The molecule has 1 fully saturated rings. The third-order valence-corrected chi connectivity index (χ3v) is 4.07. The summed E-state index contributed by atoms with van der Waals surface area (Å²) in [5.41, 5.74) is 0.436. The molecular weight excluding hydrogens is 317 g/mol. The van der Waals surface area contributed by atoms with Crippen molar-refractivity contribution in [2.45, 2.75) is 10.8 Å². The maximum atomic E-state index is 11.8. The lowest BCUT2D eigenvalue weighted by Gasteiger charge is -2.07. The number of nitrogens with one attached hydrogen (secondary N) is 1. The lowest BCUT2D eigenvalue weighted by atomic mass is 10.2. The number of benzene rings is 1.